The monoisotopic (exact) mass is 444 g/mol. The van der Waals surface area contributed by atoms with Gasteiger partial charge < -0.3 is 9.72 Å². The standard InChI is InChI=1S/C27H25ClN2O2/c28-25-16-24-21(11-12-29-27(24)31)13-26(25)32-23-14-22(15-23)30(17-19-7-3-1-4-8-19)18-20-9-5-2-6-10-20/h1-13,16,22-23H,14-15,17-18H2,(H,29,31)/t22-,23-. The second-order valence-corrected chi connectivity index (χ2v) is 8.83. The number of nitrogens with zero attached hydrogens (tertiary/aromatic N) is 1. The van der Waals surface area contributed by atoms with E-state index in [1.165, 1.54) is 11.1 Å². The molecule has 4 nitrogen and oxygen atoms in total. The molecule has 5 rings (SSSR count). The Balaban J connectivity index is 1.28. The molecule has 1 fully saturated rings. The van der Waals surface area contributed by atoms with Crippen LogP contribution in [0.3, 0.4) is 0 Å². The third-order valence-corrected chi connectivity index (χ3v) is 6.46. The highest BCUT2D eigenvalue weighted by Crippen LogP contribution is 2.36. The average Bonchev–Trinajstić information content (AvgIpc) is 2.78. The molecule has 0 spiro atoms. The van der Waals surface area contributed by atoms with Crippen LogP contribution in [0.1, 0.15) is 24.0 Å². The largest absolute Gasteiger partial charge is 0.489 e. The topological polar surface area (TPSA) is 45.3 Å². The minimum atomic E-state index is -0.142. The molecule has 162 valence electrons. The van der Waals surface area contributed by atoms with Gasteiger partial charge in [-0.25, -0.2) is 0 Å². The van der Waals surface area contributed by atoms with E-state index in [0.29, 0.717) is 22.2 Å². The summed E-state index contributed by atoms with van der Waals surface area (Å²) in [5.74, 6) is 0.644. The summed E-state index contributed by atoms with van der Waals surface area (Å²) in [6.07, 6.45) is 3.66. The normalized spacial score (nSPS) is 17.9. The van der Waals surface area contributed by atoms with E-state index in [9.17, 15) is 4.79 Å². The molecule has 32 heavy (non-hydrogen) atoms. The van der Waals surface area contributed by atoms with E-state index in [0.717, 1.165) is 31.3 Å². The van der Waals surface area contributed by atoms with Gasteiger partial charge in [0.15, 0.2) is 0 Å². The summed E-state index contributed by atoms with van der Waals surface area (Å²) in [5, 5.41) is 1.88. The van der Waals surface area contributed by atoms with Crippen molar-refractivity contribution in [3.8, 4) is 5.75 Å². The summed E-state index contributed by atoms with van der Waals surface area (Å²) in [5.41, 5.74) is 2.49. The fraction of sp³-hybridized carbons (Fsp3) is 0.222. The van der Waals surface area contributed by atoms with Gasteiger partial charge in [-0.15, -0.1) is 0 Å². The number of hydrogen-bond acceptors (Lipinski definition) is 3. The number of aromatic amines is 1. The number of halogens is 1. The van der Waals surface area contributed by atoms with Gasteiger partial charge in [0.1, 0.15) is 11.9 Å². The molecular weight excluding hydrogens is 420 g/mol. The minimum Gasteiger partial charge on any atom is -0.489 e. The Hall–Kier alpha value is -3.08. The molecule has 0 saturated heterocycles. The Morgan fingerprint density at radius 3 is 2.16 bits per heavy atom. The first-order valence-corrected chi connectivity index (χ1v) is 11.3. The zero-order chi connectivity index (χ0) is 21.9. The summed E-state index contributed by atoms with van der Waals surface area (Å²) in [6.45, 7) is 1.82. The molecule has 0 aliphatic heterocycles. The number of benzene rings is 3. The Morgan fingerprint density at radius 1 is 0.906 bits per heavy atom. The Kier molecular flexibility index (Phi) is 5.97. The lowest BCUT2D eigenvalue weighted by molar-refractivity contribution is 0.00897. The summed E-state index contributed by atoms with van der Waals surface area (Å²) in [6, 6.07) is 27.1. The predicted molar refractivity (Wildman–Crippen MR) is 129 cm³/mol. The van der Waals surface area contributed by atoms with Gasteiger partial charge in [-0.3, -0.25) is 9.69 Å². The van der Waals surface area contributed by atoms with Crippen LogP contribution in [0.4, 0.5) is 0 Å². The van der Waals surface area contributed by atoms with Crippen LogP contribution in [0, 0.1) is 0 Å². The van der Waals surface area contributed by atoms with Gasteiger partial charge in [-0.1, -0.05) is 72.3 Å². The van der Waals surface area contributed by atoms with Crippen molar-refractivity contribution in [3.63, 3.8) is 0 Å². The lowest BCUT2D eigenvalue weighted by Gasteiger charge is -2.43. The number of fused-ring (bicyclic) bond motifs is 1. The second-order valence-electron chi connectivity index (χ2n) is 8.42. The molecule has 0 radical (unpaired) electrons. The molecule has 0 atom stereocenters. The summed E-state index contributed by atoms with van der Waals surface area (Å²) in [4.78, 5) is 17.2. The zero-order valence-electron chi connectivity index (χ0n) is 17.7. The minimum absolute atomic E-state index is 0.117. The summed E-state index contributed by atoms with van der Waals surface area (Å²) < 4.78 is 6.24. The van der Waals surface area contributed by atoms with Gasteiger partial charge in [0, 0.05) is 43.6 Å². The van der Waals surface area contributed by atoms with Crippen LogP contribution < -0.4 is 10.3 Å². The second kappa shape index (κ2) is 9.19. The Bertz CT molecular complexity index is 1210. The number of hydrogen-bond donors (Lipinski definition) is 1. The Labute approximate surface area is 192 Å². The van der Waals surface area contributed by atoms with Crippen molar-refractivity contribution in [1.82, 2.24) is 9.88 Å². The van der Waals surface area contributed by atoms with Crippen molar-refractivity contribution >= 4 is 22.4 Å². The summed E-state index contributed by atoms with van der Waals surface area (Å²) >= 11 is 6.43. The van der Waals surface area contributed by atoms with Crippen molar-refractivity contribution < 1.29 is 4.74 Å². The maximum Gasteiger partial charge on any atom is 0.255 e. The molecule has 3 aromatic carbocycles. The lowest BCUT2D eigenvalue weighted by atomic mass is 9.87. The third-order valence-electron chi connectivity index (χ3n) is 6.16. The van der Waals surface area contributed by atoms with Gasteiger partial charge in [-0.2, -0.15) is 0 Å². The predicted octanol–water partition coefficient (Wildman–Crippen LogP) is 5.79. The highest BCUT2D eigenvalue weighted by molar-refractivity contribution is 6.32. The van der Waals surface area contributed by atoms with Crippen LogP contribution in [-0.2, 0) is 13.1 Å². The number of ether oxygens (including phenoxy) is 1. The molecule has 4 aromatic rings. The first-order valence-electron chi connectivity index (χ1n) is 11.0. The quantitative estimate of drug-likeness (QED) is 0.392. The van der Waals surface area contributed by atoms with E-state index >= 15 is 0 Å². The molecule has 1 heterocycles. The maximum atomic E-state index is 12.0. The zero-order valence-corrected chi connectivity index (χ0v) is 18.5. The van der Waals surface area contributed by atoms with E-state index in [2.05, 4.69) is 70.5 Å². The van der Waals surface area contributed by atoms with Crippen molar-refractivity contribution in [2.75, 3.05) is 0 Å². The molecule has 1 N–H and O–H groups in total. The third kappa shape index (κ3) is 4.57. The molecule has 1 aliphatic carbocycles. The highest BCUT2D eigenvalue weighted by atomic mass is 35.5. The highest BCUT2D eigenvalue weighted by Gasteiger charge is 2.35. The van der Waals surface area contributed by atoms with Crippen LogP contribution in [-0.4, -0.2) is 22.0 Å². The SMILES string of the molecule is O=c1[nH]ccc2cc(O[C@H]3C[C@H](N(Cc4ccccc4)Cc4ccccc4)C3)c(Cl)cc12. The number of pyridine rings is 1. The van der Waals surface area contributed by atoms with E-state index in [1.54, 1.807) is 12.3 Å². The Morgan fingerprint density at radius 2 is 1.53 bits per heavy atom. The molecule has 1 saturated carbocycles. The smallest absolute Gasteiger partial charge is 0.255 e. The fourth-order valence-corrected chi connectivity index (χ4v) is 4.55. The lowest BCUT2D eigenvalue weighted by Crippen LogP contribution is -2.48. The van der Waals surface area contributed by atoms with Crippen LogP contribution in [0.5, 0.6) is 5.75 Å². The van der Waals surface area contributed by atoms with Crippen molar-refractivity contribution in [2.24, 2.45) is 0 Å². The van der Waals surface area contributed by atoms with E-state index in [1.807, 2.05) is 12.1 Å². The molecule has 1 aromatic heterocycles. The molecule has 5 heteroatoms. The molecular formula is C27H25ClN2O2. The van der Waals surface area contributed by atoms with Gasteiger partial charge in [0.2, 0.25) is 0 Å². The van der Waals surface area contributed by atoms with Crippen molar-refractivity contribution in [2.45, 2.75) is 38.1 Å². The average molecular weight is 445 g/mol. The number of nitrogens with one attached hydrogen (secondary N) is 1. The van der Waals surface area contributed by atoms with Crippen LogP contribution in [0.15, 0.2) is 89.9 Å². The van der Waals surface area contributed by atoms with Crippen LogP contribution in [0.25, 0.3) is 10.8 Å². The van der Waals surface area contributed by atoms with Gasteiger partial charge in [0.25, 0.3) is 5.56 Å². The number of rotatable bonds is 7. The van der Waals surface area contributed by atoms with Crippen LogP contribution >= 0.6 is 11.6 Å². The molecule has 0 bridgehead atoms. The van der Waals surface area contributed by atoms with Gasteiger partial charge in [0.05, 0.1) is 5.02 Å². The van der Waals surface area contributed by atoms with Gasteiger partial charge in [-0.05, 0) is 34.7 Å². The fourth-order valence-electron chi connectivity index (χ4n) is 4.34. The number of aromatic nitrogens is 1. The first-order chi connectivity index (χ1) is 15.7. The van der Waals surface area contributed by atoms with Crippen molar-refractivity contribution in [3.05, 3.63) is 112 Å². The molecule has 1 aliphatic rings. The maximum absolute atomic E-state index is 12.0. The van der Waals surface area contributed by atoms with E-state index in [-0.39, 0.29) is 11.7 Å². The summed E-state index contributed by atoms with van der Waals surface area (Å²) in [7, 11) is 0. The molecule has 0 unspecified atom stereocenters. The first kappa shape index (κ1) is 20.8. The van der Waals surface area contributed by atoms with Crippen LogP contribution in [0.2, 0.25) is 5.02 Å². The van der Waals surface area contributed by atoms with E-state index < -0.39 is 0 Å². The van der Waals surface area contributed by atoms with Crippen molar-refractivity contribution in [1.29, 1.82) is 0 Å². The molecule has 0 amide bonds. The van der Waals surface area contributed by atoms with Gasteiger partial charge >= 0.3 is 0 Å². The number of H-pyrrole nitrogens is 1. The van der Waals surface area contributed by atoms with E-state index in [4.69, 9.17) is 16.3 Å².